The average molecular weight is 551 g/mol. The van der Waals surface area contributed by atoms with Crippen LogP contribution in [0.1, 0.15) is 44.4 Å². The highest BCUT2D eigenvalue weighted by Gasteiger charge is 2.22. The van der Waals surface area contributed by atoms with Crippen molar-refractivity contribution in [2.45, 2.75) is 52.5 Å². The maximum Gasteiger partial charge on any atom is 0.339 e. The Hall–Kier alpha value is -3.77. The van der Waals surface area contributed by atoms with Crippen molar-refractivity contribution in [3.63, 3.8) is 0 Å². The highest BCUT2D eigenvalue weighted by atomic mass is 32.1. The summed E-state index contributed by atoms with van der Waals surface area (Å²) in [7, 11) is 0. The smallest absolute Gasteiger partial charge is 0.339 e. The molecule has 10 nitrogen and oxygen atoms in total. The van der Waals surface area contributed by atoms with Crippen molar-refractivity contribution >= 4 is 55.2 Å². The molecule has 0 fully saturated rings. The van der Waals surface area contributed by atoms with Crippen LogP contribution < -0.4 is 11.5 Å². The number of carbonyl (C=O) groups excluding carboxylic acids is 1. The second-order valence-electron chi connectivity index (χ2n) is 9.82. The lowest BCUT2D eigenvalue weighted by atomic mass is 10.1. The summed E-state index contributed by atoms with van der Waals surface area (Å²) in [4.78, 5) is 20.8. The molecule has 206 valence electrons. The second-order valence-corrected chi connectivity index (χ2v) is 10.9. The summed E-state index contributed by atoms with van der Waals surface area (Å²) in [5.41, 5.74) is 12.6. The van der Waals surface area contributed by atoms with E-state index in [-0.39, 0.29) is 0 Å². The van der Waals surface area contributed by atoms with E-state index in [1.54, 1.807) is 32.1 Å². The summed E-state index contributed by atoms with van der Waals surface area (Å²) >= 11 is 1.54. The molecule has 3 heterocycles. The molecule has 0 spiro atoms. The molecule has 6 N–H and O–H groups in total. The number of anilines is 1. The fourth-order valence-electron chi connectivity index (χ4n) is 4.29. The molecule has 0 radical (unpaired) electrons. The fraction of sp³-hybridized carbons (Fsp3) is 0.321. The molecule has 0 saturated carbocycles. The Labute approximate surface area is 230 Å². The number of hydrogen-bond donors (Lipinski definition) is 4. The van der Waals surface area contributed by atoms with E-state index in [1.165, 1.54) is 0 Å². The van der Waals surface area contributed by atoms with E-state index >= 15 is 0 Å². The number of rotatable bonds is 7. The number of hydrogen-bond acceptors (Lipinski definition) is 8. The lowest BCUT2D eigenvalue weighted by Gasteiger charge is -2.20. The number of amides is 2. The van der Waals surface area contributed by atoms with E-state index in [2.05, 4.69) is 9.97 Å². The molecule has 0 aliphatic rings. The van der Waals surface area contributed by atoms with Crippen LogP contribution in [0.15, 0.2) is 54.6 Å². The zero-order valence-electron chi connectivity index (χ0n) is 22.5. The molecule has 11 heteroatoms. The van der Waals surface area contributed by atoms with E-state index < -0.39 is 17.7 Å². The maximum absolute atomic E-state index is 10.8. The van der Waals surface area contributed by atoms with Gasteiger partial charge in [0.05, 0.1) is 29.2 Å². The van der Waals surface area contributed by atoms with Crippen molar-refractivity contribution in [3.05, 3.63) is 65.3 Å². The first kappa shape index (κ1) is 28.2. The number of fused-ring (bicyclic) bond motifs is 4. The van der Waals surface area contributed by atoms with Gasteiger partial charge in [0.15, 0.2) is 5.82 Å². The van der Waals surface area contributed by atoms with Crippen LogP contribution in [0, 0.1) is 0 Å². The number of primary amides is 1. The summed E-state index contributed by atoms with van der Waals surface area (Å²) in [6.45, 7) is 8.59. The third-order valence-electron chi connectivity index (χ3n) is 6.12. The predicted octanol–water partition coefficient (Wildman–Crippen LogP) is 5.21. The van der Waals surface area contributed by atoms with Crippen LogP contribution in [0.25, 0.3) is 32.0 Å². The minimum Gasteiger partial charge on any atom is -0.389 e. The summed E-state index contributed by atoms with van der Waals surface area (Å²) in [6, 6.07) is 16.4. The summed E-state index contributed by atoms with van der Waals surface area (Å²) in [6.07, 6.45) is 0. The SMILES string of the molecule is CC(c1cc2ccccc2s1)N(O)C(N)=O.CCOCc1nc2c(N)nc3ccccc3c2n1CC(C)(C)O. The van der Waals surface area contributed by atoms with E-state index in [1.807, 2.05) is 66.1 Å². The first-order chi connectivity index (χ1) is 18.5. The number of ether oxygens (including phenoxy) is 1. The van der Waals surface area contributed by atoms with Gasteiger partial charge in [-0.05, 0) is 51.3 Å². The monoisotopic (exact) mass is 550 g/mol. The molecular formula is C28H34N6O4S. The number of nitrogens with two attached hydrogens (primary N) is 2. The van der Waals surface area contributed by atoms with E-state index in [0.717, 1.165) is 37.2 Å². The number of aliphatic hydroxyl groups is 1. The van der Waals surface area contributed by atoms with Gasteiger partial charge >= 0.3 is 6.03 Å². The number of benzene rings is 2. The third kappa shape index (κ3) is 6.28. The van der Waals surface area contributed by atoms with E-state index in [4.69, 9.17) is 16.2 Å². The van der Waals surface area contributed by atoms with Gasteiger partial charge in [-0.15, -0.1) is 11.3 Å². The van der Waals surface area contributed by atoms with Gasteiger partial charge in [0.1, 0.15) is 17.9 Å². The molecule has 2 aromatic carbocycles. The Balaban J connectivity index is 0.000000193. The number of para-hydroxylation sites is 1. The largest absolute Gasteiger partial charge is 0.389 e. The highest BCUT2D eigenvalue weighted by Crippen LogP contribution is 2.32. The molecule has 3 aromatic heterocycles. The lowest BCUT2D eigenvalue weighted by Crippen LogP contribution is -2.34. The van der Waals surface area contributed by atoms with Gasteiger partial charge in [0.2, 0.25) is 0 Å². The molecular weight excluding hydrogens is 516 g/mol. The van der Waals surface area contributed by atoms with Crippen LogP contribution in [0.3, 0.4) is 0 Å². The zero-order chi connectivity index (χ0) is 28.3. The Morgan fingerprint density at radius 3 is 2.54 bits per heavy atom. The van der Waals surface area contributed by atoms with Crippen LogP contribution in [0.5, 0.6) is 0 Å². The van der Waals surface area contributed by atoms with Gasteiger partial charge in [0, 0.05) is 21.6 Å². The van der Waals surface area contributed by atoms with Crippen molar-refractivity contribution in [3.8, 4) is 0 Å². The quantitative estimate of drug-likeness (QED) is 0.160. The van der Waals surface area contributed by atoms with Crippen molar-refractivity contribution in [2.75, 3.05) is 12.3 Å². The van der Waals surface area contributed by atoms with Gasteiger partial charge in [-0.1, -0.05) is 36.4 Å². The molecule has 0 saturated heterocycles. The minimum absolute atomic E-state index is 0.370. The van der Waals surface area contributed by atoms with E-state index in [0.29, 0.717) is 36.2 Å². The maximum atomic E-state index is 10.8. The Morgan fingerprint density at radius 1 is 1.18 bits per heavy atom. The topological polar surface area (TPSA) is 153 Å². The van der Waals surface area contributed by atoms with Gasteiger partial charge in [-0.25, -0.2) is 14.8 Å². The highest BCUT2D eigenvalue weighted by molar-refractivity contribution is 7.19. The number of nitrogen functional groups attached to an aromatic ring is 1. The van der Waals surface area contributed by atoms with Crippen LogP contribution in [0.4, 0.5) is 10.6 Å². The molecule has 0 aliphatic carbocycles. The molecule has 5 aromatic rings. The number of nitrogens with zero attached hydrogens (tertiary/aromatic N) is 4. The summed E-state index contributed by atoms with van der Waals surface area (Å²) < 4.78 is 8.65. The van der Waals surface area contributed by atoms with Crippen LogP contribution >= 0.6 is 11.3 Å². The Morgan fingerprint density at radius 2 is 1.87 bits per heavy atom. The van der Waals surface area contributed by atoms with Crippen LogP contribution in [-0.4, -0.2) is 48.2 Å². The average Bonchev–Trinajstić information content (AvgIpc) is 3.48. The van der Waals surface area contributed by atoms with Gasteiger partial charge in [0.25, 0.3) is 0 Å². The third-order valence-corrected chi connectivity index (χ3v) is 7.41. The van der Waals surface area contributed by atoms with Crippen LogP contribution in [0.2, 0.25) is 0 Å². The van der Waals surface area contributed by atoms with E-state index in [9.17, 15) is 15.1 Å². The first-order valence-electron chi connectivity index (χ1n) is 12.6. The summed E-state index contributed by atoms with van der Waals surface area (Å²) in [5, 5.41) is 22.4. The number of imidazole rings is 1. The Bertz CT molecular complexity index is 1570. The van der Waals surface area contributed by atoms with Crippen molar-refractivity contribution in [1.82, 2.24) is 19.6 Å². The number of carbonyl (C=O) groups is 1. The van der Waals surface area contributed by atoms with Crippen molar-refractivity contribution < 1.29 is 19.8 Å². The Kier molecular flexibility index (Phi) is 8.36. The number of pyridine rings is 1. The molecule has 2 amide bonds. The minimum atomic E-state index is -0.881. The van der Waals surface area contributed by atoms with Gasteiger partial charge in [-0.3, -0.25) is 5.21 Å². The molecule has 1 unspecified atom stereocenters. The van der Waals surface area contributed by atoms with Crippen molar-refractivity contribution in [1.29, 1.82) is 0 Å². The predicted molar refractivity (Wildman–Crippen MR) is 155 cm³/mol. The molecule has 0 aliphatic heterocycles. The fourth-order valence-corrected chi connectivity index (χ4v) is 5.39. The van der Waals surface area contributed by atoms with Crippen LogP contribution in [-0.2, 0) is 17.9 Å². The zero-order valence-corrected chi connectivity index (χ0v) is 23.3. The first-order valence-corrected chi connectivity index (χ1v) is 13.4. The number of urea groups is 1. The number of aromatic nitrogens is 3. The standard InChI is InChI=1S/C17H22N4O2.C11H12N2O2S/c1-4-23-9-13-20-14-15(21(13)10-17(2,3)22)11-7-5-6-8-12(11)19-16(14)18;1-7(13(15)11(12)14)10-6-8-4-2-3-5-9(8)16-10/h5-8,22H,4,9-10H2,1-3H3,(H2,18,19);2-7,15H,1H3,(H2,12,14). The van der Waals surface area contributed by atoms with Gasteiger partial charge in [-0.2, -0.15) is 5.06 Å². The second kappa shape index (κ2) is 11.5. The lowest BCUT2D eigenvalue weighted by molar-refractivity contribution is -0.0700. The molecule has 1 atom stereocenters. The number of hydroxylamine groups is 2. The molecule has 0 bridgehead atoms. The summed E-state index contributed by atoms with van der Waals surface area (Å²) in [5.74, 6) is 1.14. The van der Waals surface area contributed by atoms with Gasteiger partial charge < -0.3 is 25.9 Å². The normalized spacial score (nSPS) is 12.5. The number of thiophene rings is 1. The van der Waals surface area contributed by atoms with Crippen molar-refractivity contribution in [2.24, 2.45) is 5.73 Å². The molecule has 39 heavy (non-hydrogen) atoms. The molecule has 5 rings (SSSR count).